The second kappa shape index (κ2) is 7.63. The van der Waals surface area contributed by atoms with Gasteiger partial charge in [-0.3, -0.25) is 0 Å². The first-order valence-electron chi connectivity index (χ1n) is 8.39. The molecule has 0 aliphatic carbocycles. The fraction of sp³-hybridized carbons (Fsp3) is 1.00. The maximum Gasteiger partial charge on any atom is 0.0674 e. The summed E-state index contributed by atoms with van der Waals surface area (Å²) in [6.07, 6.45) is 0. The molecular formula is C19H40O3. The van der Waals surface area contributed by atoms with Crippen LogP contribution in [-0.4, -0.2) is 39.6 Å². The minimum absolute atomic E-state index is 0.0347. The summed E-state index contributed by atoms with van der Waals surface area (Å²) in [6, 6.07) is 0. The van der Waals surface area contributed by atoms with Gasteiger partial charge in [0.05, 0.1) is 25.4 Å². The van der Waals surface area contributed by atoms with Crippen molar-refractivity contribution < 1.29 is 14.2 Å². The molecule has 22 heavy (non-hydrogen) atoms. The molecule has 0 rings (SSSR count). The van der Waals surface area contributed by atoms with Crippen LogP contribution in [0.25, 0.3) is 0 Å². The minimum Gasteiger partial charge on any atom is -0.384 e. The van der Waals surface area contributed by atoms with Crippen molar-refractivity contribution in [1.82, 2.24) is 0 Å². The minimum atomic E-state index is -0.215. The van der Waals surface area contributed by atoms with Crippen LogP contribution in [0.5, 0.6) is 0 Å². The summed E-state index contributed by atoms with van der Waals surface area (Å²) in [6.45, 7) is 22.0. The number of ether oxygens (including phenoxy) is 3. The van der Waals surface area contributed by atoms with Crippen molar-refractivity contribution in [2.75, 3.05) is 34.0 Å². The molecule has 0 spiro atoms. The molecule has 0 radical (unpaired) electrons. The number of methoxy groups -OCH3 is 2. The van der Waals surface area contributed by atoms with Crippen LogP contribution in [0.15, 0.2) is 0 Å². The van der Waals surface area contributed by atoms with Gasteiger partial charge in [-0.05, 0) is 30.6 Å². The van der Waals surface area contributed by atoms with Crippen LogP contribution in [0.2, 0.25) is 0 Å². The van der Waals surface area contributed by atoms with Crippen LogP contribution < -0.4 is 0 Å². The highest BCUT2D eigenvalue weighted by Gasteiger charge is 2.49. The Morgan fingerprint density at radius 3 is 1.41 bits per heavy atom. The van der Waals surface area contributed by atoms with Crippen LogP contribution in [0.1, 0.15) is 62.3 Å². The molecule has 0 saturated carbocycles. The molecule has 0 unspecified atom stereocenters. The molecule has 0 heterocycles. The van der Waals surface area contributed by atoms with E-state index < -0.39 is 0 Å². The Balaban J connectivity index is 5.51. The zero-order chi connectivity index (χ0) is 17.8. The van der Waals surface area contributed by atoms with Gasteiger partial charge in [-0.2, -0.15) is 0 Å². The van der Waals surface area contributed by atoms with E-state index in [-0.39, 0.29) is 21.8 Å². The van der Waals surface area contributed by atoms with Gasteiger partial charge in [0.25, 0.3) is 0 Å². The van der Waals surface area contributed by atoms with Crippen molar-refractivity contribution in [2.24, 2.45) is 22.2 Å². The zero-order valence-electron chi connectivity index (χ0n) is 16.9. The van der Waals surface area contributed by atoms with Crippen molar-refractivity contribution in [3.63, 3.8) is 0 Å². The highest BCUT2D eigenvalue weighted by atomic mass is 16.5. The van der Waals surface area contributed by atoms with Gasteiger partial charge in [-0.25, -0.2) is 0 Å². The first-order valence-corrected chi connectivity index (χ1v) is 8.39. The standard InChI is InChI=1S/C19H40O3/c1-15(2)17(6,7)19(12-20-10,13-21-11)14-22-18(8,9)16(3,4)5/h15H,12-14H2,1-11H3. The van der Waals surface area contributed by atoms with Gasteiger partial charge in [-0.15, -0.1) is 0 Å². The fourth-order valence-electron chi connectivity index (χ4n) is 2.38. The van der Waals surface area contributed by atoms with Crippen LogP contribution in [-0.2, 0) is 14.2 Å². The fourth-order valence-corrected chi connectivity index (χ4v) is 2.38. The maximum atomic E-state index is 6.44. The van der Waals surface area contributed by atoms with Gasteiger partial charge in [-0.1, -0.05) is 48.5 Å². The Morgan fingerprint density at radius 1 is 0.727 bits per heavy atom. The van der Waals surface area contributed by atoms with Gasteiger partial charge < -0.3 is 14.2 Å². The van der Waals surface area contributed by atoms with Gasteiger partial charge in [0.2, 0.25) is 0 Å². The molecule has 0 aromatic heterocycles. The van der Waals surface area contributed by atoms with Gasteiger partial charge in [0.1, 0.15) is 0 Å². The Morgan fingerprint density at radius 2 is 1.14 bits per heavy atom. The average Bonchev–Trinajstić information content (AvgIpc) is 2.34. The van der Waals surface area contributed by atoms with Crippen molar-refractivity contribution in [1.29, 1.82) is 0 Å². The lowest BCUT2D eigenvalue weighted by molar-refractivity contribution is -0.181. The van der Waals surface area contributed by atoms with Gasteiger partial charge in [0, 0.05) is 19.6 Å². The van der Waals surface area contributed by atoms with E-state index in [4.69, 9.17) is 14.2 Å². The highest BCUT2D eigenvalue weighted by Crippen LogP contribution is 2.47. The molecule has 0 saturated heterocycles. The predicted octanol–water partition coefficient (Wildman–Crippen LogP) is 4.79. The first kappa shape index (κ1) is 21.9. The summed E-state index contributed by atoms with van der Waals surface area (Å²) in [5.41, 5.74) is -0.284. The smallest absolute Gasteiger partial charge is 0.0674 e. The Bertz CT molecular complexity index is 318. The van der Waals surface area contributed by atoms with Crippen LogP contribution in [0, 0.1) is 22.2 Å². The van der Waals surface area contributed by atoms with Crippen molar-refractivity contribution >= 4 is 0 Å². The molecule has 0 fully saturated rings. The molecule has 3 nitrogen and oxygen atoms in total. The first-order chi connectivity index (χ1) is 9.77. The zero-order valence-corrected chi connectivity index (χ0v) is 16.9. The Labute approximate surface area is 139 Å². The molecule has 0 aliphatic rings. The number of hydrogen-bond acceptors (Lipinski definition) is 3. The largest absolute Gasteiger partial charge is 0.384 e. The van der Waals surface area contributed by atoms with E-state index >= 15 is 0 Å². The lowest BCUT2D eigenvalue weighted by Gasteiger charge is -2.50. The normalized spacial score (nSPS) is 14.7. The van der Waals surface area contributed by atoms with Crippen LogP contribution in [0.3, 0.4) is 0 Å². The summed E-state index contributed by atoms with van der Waals surface area (Å²) < 4.78 is 17.6. The van der Waals surface area contributed by atoms with Crippen molar-refractivity contribution in [3.8, 4) is 0 Å². The van der Waals surface area contributed by atoms with E-state index in [1.165, 1.54) is 0 Å². The lowest BCUT2D eigenvalue weighted by Crippen LogP contribution is -2.53. The summed E-state index contributed by atoms with van der Waals surface area (Å²) >= 11 is 0. The molecule has 0 N–H and O–H groups in total. The lowest BCUT2D eigenvalue weighted by atomic mass is 9.61. The van der Waals surface area contributed by atoms with Crippen LogP contribution >= 0.6 is 0 Å². The Hall–Kier alpha value is -0.120. The molecule has 0 atom stereocenters. The average molecular weight is 317 g/mol. The van der Waals surface area contributed by atoms with E-state index in [1.807, 2.05) is 0 Å². The quantitative estimate of drug-likeness (QED) is 0.612. The second-order valence-corrected chi connectivity index (χ2v) is 9.07. The van der Waals surface area contributed by atoms with E-state index in [9.17, 15) is 0 Å². The van der Waals surface area contributed by atoms with E-state index in [0.29, 0.717) is 25.7 Å². The summed E-state index contributed by atoms with van der Waals surface area (Å²) in [5, 5.41) is 0. The monoisotopic (exact) mass is 316 g/mol. The van der Waals surface area contributed by atoms with Crippen molar-refractivity contribution in [2.45, 2.75) is 67.9 Å². The van der Waals surface area contributed by atoms with E-state index in [0.717, 1.165) is 0 Å². The third kappa shape index (κ3) is 4.69. The summed E-state index contributed by atoms with van der Waals surface area (Å²) in [4.78, 5) is 0. The second-order valence-electron chi connectivity index (χ2n) is 9.07. The SMILES string of the molecule is COCC(COC)(COC(C)(C)C(C)(C)C)C(C)(C)C(C)C. The summed E-state index contributed by atoms with van der Waals surface area (Å²) in [7, 11) is 3.52. The highest BCUT2D eigenvalue weighted by molar-refractivity contribution is 4.96. The van der Waals surface area contributed by atoms with Gasteiger partial charge >= 0.3 is 0 Å². The van der Waals surface area contributed by atoms with E-state index in [1.54, 1.807) is 14.2 Å². The molecule has 3 heteroatoms. The molecule has 0 bridgehead atoms. The number of hydrogen-bond donors (Lipinski definition) is 0. The molecule has 134 valence electrons. The molecule has 0 aliphatic heterocycles. The molecule has 0 aromatic carbocycles. The van der Waals surface area contributed by atoms with E-state index in [2.05, 4.69) is 62.3 Å². The maximum absolute atomic E-state index is 6.44. The number of rotatable bonds is 9. The van der Waals surface area contributed by atoms with Crippen molar-refractivity contribution in [3.05, 3.63) is 0 Å². The topological polar surface area (TPSA) is 27.7 Å². The predicted molar refractivity (Wildman–Crippen MR) is 94.3 cm³/mol. The molecule has 0 aromatic rings. The third-order valence-corrected chi connectivity index (χ3v) is 6.17. The Kier molecular flexibility index (Phi) is 7.59. The van der Waals surface area contributed by atoms with Gasteiger partial charge in [0.15, 0.2) is 0 Å². The van der Waals surface area contributed by atoms with Crippen LogP contribution in [0.4, 0.5) is 0 Å². The molecule has 0 amide bonds. The third-order valence-electron chi connectivity index (χ3n) is 6.17. The summed E-state index contributed by atoms with van der Waals surface area (Å²) in [5.74, 6) is 0.499. The molecular weight excluding hydrogens is 276 g/mol.